The van der Waals surface area contributed by atoms with Gasteiger partial charge in [-0.2, -0.15) is 0 Å². The Balaban J connectivity index is 1.45. The average Bonchev–Trinajstić information content (AvgIpc) is 3.25. The average molecular weight is 481 g/mol. The highest BCUT2D eigenvalue weighted by Crippen LogP contribution is 2.52. The van der Waals surface area contributed by atoms with E-state index in [0.29, 0.717) is 0 Å². The zero-order valence-electron chi connectivity index (χ0n) is 20.2. The van der Waals surface area contributed by atoms with Crippen molar-refractivity contribution < 1.29 is 0 Å². The first kappa shape index (κ1) is 20.3. The summed E-state index contributed by atoms with van der Waals surface area (Å²) in [7, 11) is 0. The van der Waals surface area contributed by atoms with Crippen LogP contribution in [0.1, 0.15) is 25.0 Å². The lowest BCUT2D eigenvalue weighted by Gasteiger charge is -2.34. The van der Waals surface area contributed by atoms with Gasteiger partial charge in [0, 0.05) is 31.7 Å². The molecule has 0 unspecified atom stereocenters. The van der Waals surface area contributed by atoms with E-state index >= 15 is 0 Å². The Hall–Kier alpha value is -3.95. The van der Waals surface area contributed by atoms with Gasteiger partial charge in [-0.3, -0.25) is 0 Å². The number of anilines is 3. The smallest absolute Gasteiger partial charge is 0.0601 e. The predicted molar refractivity (Wildman–Crippen MR) is 152 cm³/mol. The Bertz CT molecular complexity index is 1810. The fraction of sp³-hybridized carbons (Fsp3) is 0.0909. The van der Waals surface area contributed by atoms with Crippen molar-refractivity contribution in [3.63, 3.8) is 0 Å². The van der Waals surface area contributed by atoms with Crippen LogP contribution >= 0.6 is 11.8 Å². The summed E-state index contributed by atoms with van der Waals surface area (Å²) in [6.45, 7) is 4.71. The molecule has 6 aromatic rings. The first-order chi connectivity index (χ1) is 17.6. The molecule has 0 amide bonds. The monoisotopic (exact) mass is 480 g/mol. The molecular formula is C33H24N2S. The minimum absolute atomic E-state index is 0.0503. The lowest BCUT2D eigenvalue weighted by atomic mass is 9.75. The number of fused-ring (bicyclic) bond motifs is 7. The van der Waals surface area contributed by atoms with Gasteiger partial charge >= 0.3 is 0 Å². The van der Waals surface area contributed by atoms with Gasteiger partial charge in [-0.25, -0.2) is 0 Å². The highest BCUT2D eigenvalue weighted by Gasteiger charge is 2.35. The third-order valence-corrected chi connectivity index (χ3v) is 9.08. The van der Waals surface area contributed by atoms with Crippen molar-refractivity contribution in [2.75, 3.05) is 4.90 Å². The van der Waals surface area contributed by atoms with Gasteiger partial charge in [0.15, 0.2) is 0 Å². The predicted octanol–water partition coefficient (Wildman–Crippen LogP) is 9.36. The van der Waals surface area contributed by atoms with E-state index in [9.17, 15) is 0 Å². The number of hydrogen-bond acceptors (Lipinski definition) is 2. The number of aromatic nitrogens is 1. The van der Waals surface area contributed by atoms with E-state index in [1.807, 2.05) is 11.8 Å². The molecule has 1 aromatic heterocycles. The maximum Gasteiger partial charge on any atom is 0.0601 e. The van der Waals surface area contributed by atoms with E-state index in [0.717, 1.165) is 0 Å². The van der Waals surface area contributed by atoms with Crippen molar-refractivity contribution in [2.45, 2.75) is 29.1 Å². The lowest BCUT2D eigenvalue weighted by Crippen LogP contribution is -2.26. The molecule has 0 N–H and O–H groups in total. The SMILES string of the molecule is CC1(C)c2ccccc2-n2c3ccc(N4c5ccccc5Sc5ccccc54)cc3c3cccc1c32. The van der Waals surface area contributed by atoms with Crippen molar-refractivity contribution in [3.8, 4) is 5.69 Å². The fourth-order valence-corrected chi connectivity index (χ4v) is 7.33. The minimum Gasteiger partial charge on any atom is -0.309 e. The van der Waals surface area contributed by atoms with E-state index in [-0.39, 0.29) is 5.41 Å². The van der Waals surface area contributed by atoms with Gasteiger partial charge in [-0.15, -0.1) is 0 Å². The summed E-state index contributed by atoms with van der Waals surface area (Å²) in [5.41, 5.74) is 10.3. The number of benzene rings is 5. The quantitative estimate of drug-likeness (QED) is 0.231. The Morgan fingerprint density at radius 2 is 1.22 bits per heavy atom. The molecule has 2 nitrogen and oxygen atoms in total. The van der Waals surface area contributed by atoms with Crippen molar-refractivity contribution in [1.29, 1.82) is 0 Å². The minimum atomic E-state index is -0.0503. The number of para-hydroxylation sites is 4. The Morgan fingerprint density at radius 1 is 0.583 bits per heavy atom. The van der Waals surface area contributed by atoms with Gasteiger partial charge in [0.2, 0.25) is 0 Å². The third kappa shape index (κ3) is 2.53. The fourth-order valence-electron chi connectivity index (χ4n) is 6.28. The summed E-state index contributed by atoms with van der Waals surface area (Å²) < 4.78 is 2.48. The van der Waals surface area contributed by atoms with Gasteiger partial charge in [0.05, 0.1) is 28.1 Å². The van der Waals surface area contributed by atoms with Gasteiger partial charge in [-0.05, 0) is 59.7 Å². The summed E-state index contributed by atoms with van der Waals surface area (Å²) in [4.78, 5) is 5.00. The zero-order chi connectivity index (χ0) is 24.0. The Kier molecular flexibility index (Phi) is 3.97. The van der Waals surface area contributed by atoms with Gasteiger partial charge in [0.25, 0.3) is 0 Å². The van der Waals surface area contributed by atoms with Crippen LogP contribution in [0.4, 0.5) is 17.1 Å². The van der Waals surface area contributed by atoms with Crippen LogP contribution in [-0.2, 0) is 5.41 Å². The Labute approximate surface area is 214 Å². The number of nitrogens with zero attached hydrogens (tertiary/aromatic N) is 2. The molecule has 3 heterocycles. The highest BCUT2D eigenvalue weighted by molar-refractivity contribution is 7.99. The van der Waals surface area contributed by atoms with Crippen molar-refractivity contribution in [3.05, 3.63) is 120 Å². The second-order valence-corrected chi connectivity index (χ2v) is 11.3. The first-order valence-electron chi connectivity index (χ1n) is 12.5. The van der Waals surface area contributed by atoms with Crippen LogP contribution in [0.15, 0.2) is 119 Å². The maximum atomic E-state index is 2.48. The molecular weight excluding hydrogens is 456 g/mol. The summed E-state index contributed by atoms with van der Waals surface area (Å²) in [6, 6.07) is 40.2. The van der Waals surface area contributed by atoms with Gasteiger partial charge in [-0.1, -0.05) is 86.3 Å². The second kappa shape index (κ2) is 7.05. The van der Waals surface area contributed by atoms with Crippen molar-refractivity contribution in [1.82, 2.24) is 4.57 Å². The van der Waals surface area contributed by atoms with Crippen LogP contribution in [0.3, 0.4) is 0 Å². The molecule has 0 atom stereocenters. The second-order valence-electron chi connectivity index (χ2n) is 10.3. The summed E-state index contributed by atoms with van der Waals surface area (Å²) in [5.74, 6) is 0. The van der Waals surface area contributed by atoms with E-state index in [2.05, 4.69) is 133 Å². The lowest BCUT2D eigenvalue weighted by molar-refractivity contribution is 0.630. The normalized spacial score (nSPS) is 15.0. The topological polar surface area (TPSA) is 8.17 Å². The standard InChI is InChI=1S/C33H24N2S/c1-33(2)24-11-3-4-13-27(24)35-26-19-18-21(20-23(26)22-10-9-12-25(33)32(22)35)34-28-14-5-7-16-30(28)36-31-17-8-6-15-29(31)34/h3-20H,1-2H3. The molecule has 3 heteroatoms. The zero-order valence-corrected chi connectivity index (χ0v) is 21.0. The van der Waals surface area contributed by atoms with E-state index < -0.39 is 0 Å². The van der Waals surface area contributed by atoms with Gasteiger partial charge < -0.3 is 9.47 Å². The first-order valence-corrected chi connectivity index (χ1v) is 13.3. The van der Waals surface area contributed by atoms with Crippen LogP contribution < -0.4 is 4.90 Å². The Morgan fingerprint density at radius 3 is 1.97 bits per heavy atom. The molecule has 0 fully saturated rings. The van der Waals surface area contributed by atoms with Crippen LogP contribution in [0, 0.1) is 0 Å². The third-order valence-electron chi connectivity index (χ3n) is 7.95. The van der Waals surface area contributed by atoms with Crippen molar-refractivity contribution >= 4 is 50.6 Å². The van der Waals surface area contributed by atoms with Crippen LogP contribution in [0.5, 0.6) is 0 Å². The molecule has 0 radical (unpaired) electrons. The van der Waals surface area contributed by atoms with E-state index in [1.165, 1.54) is 65.5 Å². The maximum absolute atomic E-state index is 2.48. The van der Waals surface area contributed by atoms with E-state index in [1.54, 1.807) is 0 Å². The van der Waals surface area contributed by atoms with Crippen LogP contribution in [0.25, 0.3) is 27.5 Å². The molecule has 8 rings (SSSR count). The molecule has 0 saturated heterocycles. The molecule has 2 aliphatic heterocycles. The van der Waals surface area contributed by atoms with Crippen LogP contribution in [-0.4, -0.2) is 4.57 Å². The molecule has 0 spiro atoms. The van der Waals surface area contributed by atoms with Crippen molar-refractivity contribution in [2.24, 2.45) is 0 Å². The molecule has 172 valence electrons. The van der Waals surface area contributed by atoms with Crippen LogP contribution in [0.2, 0.25) is 0 Å². The molecule has 2 aliphatic rings. The summed E-state index contributed by atoms with van der Waals surface area (Å²) in [5, 5.41) is 2.62. The summed E-state index contributed by atoms with van der Waals surface area (Å²) in [6.07, 6.45) is 0. The number of rotatable bonds is 1. The molecule has 0 saturated carbocycles. The molecule has 0 aliphatic carbocycles. The number of hydrogen-bond donors (Lipinski definition) is 0. The van der Waals surface area contributed by atoms with Gasteiger partial charge in [0.1, 0.15) is 0 Å². The summed E-state index contributed by atoms with van der Waals surface area (Å²) >= 11 is 1.85. The molecule has 5 aromatic carbocycles. The molecule has 0 bridgehead atoms. The van der Waals surface area contributed by atoms with E-state index in [4.69, 9.17) is 0 Å². The highest BCUT2D eigenvalue weighted by atomic mass is 32.2. The molecule has 36 heavy (non-hydrogen) atoms. The largest absolute Gasteiger partial charge is 0.309 e.